The Hall–Kier alpha value is -3.80. The first-order chi connectivity index (χ1) is 17.4. The molecule has 0 bridgehead atoms. The molecule has 1 atom stereocenters. The summed E-state index contributed by atoms with van der Waals surface area (Å²) in [4.78, 5) is 29.7. The van der Waals surface area contributed by atoms with E-state index in [9.17, 15) is 9.59 Å². The maximum absolute atomic E-state index is 12.9. The Bertz CT molecular complexity index is 1170. The van der Waals surface area contributed by atoms with Gasteiger partial charge in [-0.1, -0.05) is 43.3 Å². The third-order valence-corrected chi connectivity index (χ3v) is 6.85. The number of carbonyl (C=O) groups excluding carboxylic acids is 2. The first-order valence-corrected chi connectivity index (χ1v) is 12.7. The van der Waals surface area contributed by atoms with Crippen LogP contribution in [0.5, 0.6) is 0 Å². The van der Waals surface area contributed by atoms with Crippen molar-refractivity contribution in [2.45, 2.75) is 38.6 Å². The second kappa shape index (κ2) is 11.8. The summed E-state index contributed by atoms with van der Waals surface area (Å²) in [5.41, 5.74) is 6.00. The molecular weight excluding hydrogens is 448 g/mol. The molecule has 36 heavy (non-hydrogen) atoms. The molecule has 0 aromatic heterocycles. The Morgan fingerprint density at radius 3 is 2.39 bits per heavy atom. The smallest absolute Gasteiger partial charge is 0.321 e. The topological polar surface area (TPSA) is 64.7 Å². The molecule has 3 amide bonds. The lowest BCUT2D eigenvalue weighted by molar-refractivity contribution is 0.0950. The molecule has 2 N–H and O–H groups in total. The molecular formula is C30H36N4O2. The van der Waals surface area contributed by atoms with E-state index < -0.39 is 0 Å². The quantitative estimate of drug-likeness (QED) is 0.455. The largest absolute Gasteiger partial charge is 0.378 e. The second-order valence-electron chi connectivity index (χ2n) is 9.63. The number of amides is 3. The van der Waals surface area contributed by atoms with Crippen LogP contribution in [0.4, 0.5) is 16.2 Å². The molecule has 1 fully saturated rings. The molecule has 0 spiro atoms. The van der Waals surface area contributed by atoms with Crippen molar-refractivity contribution in [2.75, 3.05) is 37.4 Å². The van der Waals surface area contributed by atoms with Crippen LogP contribution in [0.25, 0.3) is 0 Å². The highest BCUT2D eigenvalue weighted by atomic mass is 16.2. The standard InChI is InChI=1S/C30H36N4O2/c1-4-22-10-14-27(15-11-22)32-30(36)34-18-6-9-26(21-34)24-7-5-8-25(19-24)29(35)31-20-23-12-16-28(17-13-23)33(2)3/h5,7-8,10-17,19,26H,4,6,9,18,20-21H2,1-3H3,(H,31,35)(H,32,36)/t26-/m1/s1. The fraction of sp³-hybridized carbons (Fsp3) is 0.333. The van der Waals surface area contributed by atoms with E-state index in [1.807, 2.05) is 90.6 Å². The van der Waals surface area contributed by atoms with E-state index in [2.05, 4.69) is 23.6 Å². The summed E-state index contributed by atoms with van der Waals surface area (Å²) in [5, 5.41) is 6.06. The third kappa shape index (κ3) is 6.45. The number of rotatable bonds is 7. The highest BCUT2D eigenvalue weighted by Crippen LogP contribution is 2.28. The third-order valence-electron chi connectivity index (χ3n) is 6.85. The number of benzene rings is 3. The van der Waals surface area contributed by atoms with Gasteiger partial charge in [0.25, 0.3) is 5.91 Å². The average Bonchev–Trinajstić information content (AvgIpc) is 2.92. The van der Waals surface area contributed by atoms with Crippen molar-refractivity contribution in [1.29, 1.82) is 0 Å². The van der Waals surface area contributed by atoms with E-state index in [1.165, 1.54) is 5.56 Å². The summed E-state index contributed by atoms with van der Waals surface area (Å²) in [6.07, 6.45) is 2.91. The summed E-state index contributed by atoms with van der Waals surface area (Å²) < 4.78 is 0. The monoisotopic (exact) mass is 484 g/mol. The fourth-order valence-corrected chi connectivity index (χ4v) is 4.59. The number of hydrogen-bond donors (Lipinski definition) is 2. The normalized spacial score (nSPS) is 15.3. The average molecular weight is 485 g/mol. The number of nitrogens with one attached hydrogen (secondary N) is 2. The zero-order valence-electron chi connectivity index (χ0n) is 21.5. The van der Waals surface area contributed by atoms with Crippen LogP contribution in [0.15, 0.2) is 72.8 Å². The van der Waals surface area contributed by atoms with Crippen LogP contribution < -0.4 is 15.5 Å². The van der Waals surface area contributed by atoms with Gasteiger partial charge in [-0.2, -0.15) is 0 Å². The zero-order valence-corrected chi connectivity index (χ0v) is 21.5. The first-order valence-electron chi connectivity index (χ1n) is 12.7. The minimum atomic E-state index is -0.0885. The molecule has 0 radical (unpaired) electrons. The Morgan fingerprint density at radius 2 is 1.69 bits per heavy atom. The van der Waals surface area contributed by atoms with Crippen molar-refractivity contribution >= 4 is 23.3 Å². The van der Waals surface area contributed by atoms with Crippen molar-refractivity contribution in [3.63, 3.8) is 0 Å². The van der Waals surface area contributed by atoms with Crippen LogP contribution in [0.2, 0.25) is 0 Å². The first kappa shape index (κ1) is 25.3. The van der Waals surface area contributed by atoms with Gasteiger partial charge in [0.1, 0.15) is 0 Å². The lowest BCUT2D eigenvalue weighted by atomic mass is 9.89. The van der Waals surface area contributed by atoms with Gasteiger partial charge in [0, 0.05) is 56.6 Å². The Kier molecular flexibility index (Phi) is 8.26. The van der Waals surface area contributed by atoms with Gasteiger partial charge < -0.3 is 20.4 Å². The number of hydrogen-bond acceptors (Lipinski definition) is 3. The van der Waals surface area contributed by atoms with Crippen LogP contribution in [0.1, 0.15) is 52.7 Å². The van der Waals surface area contributed by atoms with E-state index >= 15 is 0 Å². The molecule has 0 unspecified atom stereocenters. The maximum Gasteiger partial charge on any atom is 0.321 e. The molecule has 0 aliphatic carbocycles. The van der Waals surface area contributed by atoms with E-state index in [1.54, 1.807) is 0 Å². The Morgan fingerprint density at radius 1 is 0.972 bits per heavy atom. The molecule has 6 nitrogen and oxygen atoms in total. The van der Waals surface area contributed by atoms with E-state index in [4.69, 9.17) is 0 Å². The van der Waals surface area contributed by atoms with Gasteiger partial charge >= 0.3 is 6.03 Å². The van der Waals surface area contributed by atoms with Crippen molar-refractivity contribution in [3.05, 3.63) is 95.1 Å². The van der Waals surface area contributed by atoms with Crippen molar-refractivity contribution in [2.24, 2.45) is 0 Å². The van der Waals surface area contributed by atoms with Crippen LogP contribution >= 0.6 is 0 Å². The summed E-state index contributed by atoms with van der Waals surface area (Å²) >= 11 is 0. The SMILES string of the molecule is CCc1ccc(NC(=O)N2CCC[C@@H](c3cccc(C(=O)NCc4ccc(N(C)C)cc4)c3)C2)cc1. The number of nitrogens with zero attached hydrogens (tertiary/aromatic N) is 2. The number of likely N-dealkylation sites (tertiary alicyclic amines) is 1. The summed E-state index contributed by atoms with van der Waals surface area (Å²) in [6.45, 7) is 3.97. The molecule has 6 heteroatoms. The van der Waals surface area contributed by atoms with E-state index in [0.717, 1.165) is 48.3 Å². The summed E-state index contributed by atoms with van der Waals surface area (Å²) in [5.74, 6) is 0.118. The summed E-state index contributed by atoms with van der Waals surface area (Å²) in [7, 11) is 4.01. The molecule has 1 saturated heterocycles. The number of carbonyl (C=O) groups is 2. The molecule has 3 aromatic rings. The number of piperidine rings is 1. The van der Waals surface area contributed by atoms with Crippen LogP contribution in [-0.2, 0) is 13.0 Å². The maximum atomic E-state index is 12.9. The minimum Gasteiger partial charge on any atom is -0.378 e. The molecule has 3 aromatic carbocycles. The molecule has 1 aliphatic heterocycles. The molecule has 0 saturated carbocycles. The fourth-order valence-electron chi connectivity index (χ4n) is 4.59. The van der Waals surface area contributed by atoms with Gasteiger partial charge in [-0.3, -0.25) is 4.79 Å². The number of anilines is 2. The lowest BCUT2D eigenvalue weighted by Crippen LogP contribution is -2.41. The minimum absolute atomic E-state index is 0.0712. The van der Waals surface area contributed by atoms with Gasteiger partial charge in [-0.05, 0) is 72.4 Å². The highest BCUT2D eigenvalue weighted by molar-refractivity contribution is 5.94. The molecule has 4 rings (SSSR count). The van der Waals surface area contributed by atoms with Gasteiger partial charge in [0.2, 0.25) is 0 Å². The second-order valence-corrected chi connectivity index (χ2v) is 9.63. The van der Waals surface area contributed by atoms with Gasteiger partial charge in [0.05, 0.1) is 0 Å². The van der Waals surface area contributed by atoms with Crippen LogP contribution in [0.3, 0.4) is 0 Å². The van der Waals surface area contributed by atoms with Crippen molar-refractivity contribution in [3.8, 4) is 0 Å². The van der Waals surface area contributed by atoms with Crippen molar-refractivity contribution < 1.29 is 9.59 Å². The molecule has 188 valence electrons. The summed E-state index contributed by atoms with van der Waals surface area (Å²) in [6, 6.07) is 23.9. The van der Waals surface area contributed by atoms with E-state index in [0.29, 0.717) is 18.7 Å². The lowest BCUT2D eigenvalue weighted by Gasteiger charge is -2.33. The van der Waals surface area contributed by atoms with Gasteiger partial charge in [0.15, 0.2) is 0 Å². The highest BCUT2D eigenvalue weighted by Gasteiger charge is 2.25. The number of urea groups is 1. The molecule has 1 heterocycles. The Labute approximate surface area is 214 Å². The van der Waals surface area contributed by atoms with Gasteiger partial charge in [-0.25, -0.2) is 4.79 Å². The van der Waals surface area contributed by atoms with Crippen LogP contribution in [0, 0.1) is 0 Å². The Balaban J connectivity index is 1.35. The number of aryl methyl sites for hydroxylation is 1. The predicted molar refractivity (Wildman–Crippen MR) is 147 cm³/mol. The van der Waals surface area contributed by atoms with Crippen LogP contribution in [-0.4, -0.2) is 44.0 Å². The molecule has 1 aliphatic rings. The predicted octanol–water partition coefficient (Wildman–Crippen LogP) is 5.66. The van der Waals surface area contributed by atoms with Gasteiger partial charge in [-0.15, -0.1) is 0 Å². The zero-order chi connectivity index (χ0) is 25.5. The van der Waals surface area contributed by atoms with Crippen molar-refractivity contribution in [1.82, 2.24) is 10.2 Å². The van der Waals surface area contributed by atoms with E-state index in [-0.39, 0.29) is 17.9 Å².